The lowest BCUT2D eigenvalue weighted by molar-refractivity contribution is 0.0146. The van der Waals surface area contributed by atoms with Crippen molar-refractivity contribution in [2.45, 2.75) is 25.6 Å². The molecule has 3 N–H and O–H groups in total. The predicted octanol–water partition coefficient (Wildman–Crippen LogP) is 1.80. The van der Waals surface area contributed by atoms with Gasteiger partial charge in [-0.25, -0.2) is 0 Å². The molecule has 0 saturated heterocycles. The SMILES string of the molecule is Cc1ccc(O)cc1C(O)C(O)CCN=[N+]=[N-]. The molecular weight excluding hydrogens is 222 g/mol. The number of aromatic hydroxyl groups is 1. The van der Waals surface area contributed by atoms with Gasteiger partial charge in [-0.3, -0.25) is 0 Å². The molecule has 0 spiro atoms. The molecule has 0 heterocycles. The van der Waals surface area contributed by atoms with Crippen molar-refractivity contribution in [3.63, 3.8) is 0 Å². The molecule has 92 valence electrons. The van der Waals surface area contributed by atoms with Crippen LogP contribution in [0.4, 0.5) is 0 Å². The van der Waals surface area contributed by atoms with Crippen molar-refractivity contribution in [1.82, 2.24) is 0 Å². The van der Waals surface area contributed by atoms with E-state index in [1.165, 1.54) is 12.1 Å². The van der Waals surface area contributed by atoms with Crippen LogP contribution < -0.4 is 0 Å². The summed E-state index contributed by atoms with van der Waals surface area (Å²) in [6, 6.07) is 4.59. The molecule has 0 aliphatic heterocycles. The molecule has 0 saturated carbocycles. The van der Waals surface area contributed by atoms with Gasteiger partial charge in [0.2, 0.25) is 0 Å². The topological polar surface area (TPSA) is 109 Å². The van der Waals surface area contributed by atoms with E-state index in [0.717, 1.165) is 5.56 Å². The molecule has 1 aromatic rings. The Morgan fingerprint density at radius 1 is 1.41 bits per heavy atom. The van der Waals surface area contributed by atoms with Crippen molar-refractivity contribution in [2.24, 2.45) is 5.11 Å². The van der Waals surface area contributed by atoms with Gasteiger partial charge < -0.3 is 15.3 Å². The van der Waals surface area contributed by atoms with Crippen LogP contribution in [0.15, 0.2) is 23.3 Å². The second-order valence-electron chi connectivity index (χ2n) is 3.80. The molecule has 1 rings (SSSR count). The highest BCUT2D eigenvalue weighted by Crippen LogP contribution is 2.25. The first-order valence-electron chi connectivity index (χ1n) is 5.22. The highest BCUT2D eigenvalue weighted by atomic mass is 16.3. The lowest BCUT2D eigenvalue weighted by Crippen LogP contribution is -2.19. The molecule has 2 unspecified atom stereocenters. The van der Waals surface area contributed by atoms with Crippen LogP contribution in [0.3, 0.4) is 0 Å². The number of aryl methyl sites for hydroxylation is 1. The predicted molar refractivity (Wildman–Crippen MR) is 62.4 cm³/mol. The summed E-state index contributed by atoms with van der Waals surface area (Å²) in [5.74, 6) is 0.0342. The Balaban J connectivity index is 2.76. The maximum Gasteiger partial charge on any atom is 0.115 e. The van der Waals surface area contributed by atoms with Crippen LogP contribution in [0.2, 0.25) is 0 Å². The van der Waals surface area contributed by atoms with E-state index in [0.29, 0.717) is 5.56 Å². The third-order valence-corrected chi connectivity index (χ3v) is 2.53. The Bertz CT molecular complexity index is 430. The van der Waals surface area contributed by atoms with E-state index < -0.39 is 12.2 Å². The Morgan fingerprint density at radius 3 is 2.76 bits per heavy atom. The van der Waals surface area contributed by atoms with Crippen molar-refractivity contribution in [3.05, 3.63) is 39.8 Å². The largest absolute Gasteiger partial charge is 0.508 e. The molecular formula is C11H15N3O3. The number of nitrogens with zero attached hydrogens (tertiary/aromatic N) is 3. The number of hydrogen-bond acceptors (Lipinski definition) is 4. The lowest BCUT2D eigenvalue weighted by Gasteiger charge is -2.19. The van der Waals surface area contributed by atoms with Gasteiger partial charge in [-0.1, -0.05) is 11.2 Å². The Morgan fingerprint density at radius 2 is 2.12 bits per heavy atom. The molecule has 0 bridgehead atoms. The normalized spacial score (nSPS) is 13.8. The van der Waals surface area contributed by atoms with Crippen LogP contribution >= 0.6 is 0 Å². The van der Waals surface area contributed by atoms with Crippen LogP contribution in [-0.4, -0.2) is 28.0 Å². The Hall–Kier alpha value is -1.75. The van der Waals surface area contributed by atoms with Crippen LogP contribution in [0.1, 0.15) is 23.7 Å². The Kier molecular flexibility index (Phi) is 4.78. The van der Waals surface area contributed by atoms with E-state index in [1.807, 2.05) is 0 Å². The number of rotatable bonds is 5. The third kappa shape index (κ3) is 3.64. The zero-order chi connectivity index (χ0) is 12.8. The molecule has 1 aromatic carbocycles. The minimum atomic E-state index is -1.10. The van der Waals surface area contributed by atoms with Gasteiger partial charge >= 0.3 is 0 Å². The van der Waals surface area contributed by atoms with E-state index in [4.69, 9.17) is 5.53 Å². The standard InChI is InChI=1S/C11H15N3O3/c1-7-2-3-8(15)6-9(7)11(17)10(16)4-5-13-14-12/h2-3,6,10-11,15-17H,4-5H2,1H3. The summed E-state index contributed by atoms with van der Waals surface area (Å²) in [6.45, 7) is 1.89. The number of benzene rings is 1. The average molecular weight is 237 g/mol. The molecule has 17 heavy (non-hydrogen) atoms. The van der Waals surface area contributed by atoms with E-state index in [-0.39, 0.29) is 18.7 Å². The second kappa shape index (κ2) is 6.10. The van der Waals surface area contributed by atoms with Gasteiger partial charge in [-0.2, -0.15) is 0 Å². The third-order valence-electron chi connectivity index (χ3n) is 2.53. The van der Waals surface area contributed by atoms with Gasteiger partial charge in [0.15, 0.2) is 0 Å². The maximum absolute atomic E-state index is 9.90. The minimum Gasteiger partial charge on any atom is -0.508 e. The zero-order valence-electron chi connectivity index (χ0n) is 9.48. The summed E-state index contributed by atoms with van der Waals surface area (Å²) in [6.07, 6.45) is -1.96. The fourth-order valence-corrected chi connectivity index (χ4v) is 1.55. The quantitative estimate of drug-likeness (QED) is 0.412. The summed E-state index contributed by atoms with van der Waals surface area (Å²) >= 11 is 0. The Labute approximate surface area is 98.8 Å². The first-order chi connectivity index (χ1) is 8.06. The second-order valence-corrected chi connectivity index (χ2v) is 3.80. The average Bonchev–Trinajstić information content (AvgIpc) is 2.31. The number of aliphatic hydroxyl groups is 2. The van der Waals surface area contributed by atoms with Crippen LogP contribution in [0, 0.1) is 6.92 Å². The number of phenols is 1. The number of hydrogen-bond donors (Lipinski definition) is 3. The van der Waals surface area contributed by atoms with Gasteiger partial charge in [-0.15, -0.1) is 0 Å². The first-order valence-corrected chi connectivity index (χ1v) is 5.22. The summed E-state index contributed by atoms with van der Waals surface area (Å²) in [5.41, 5.74) is 9.34. The van der Waals surface area contributed by atoms with Crippen molar-refractivity contribution in [1.29, 1.82) is 0 Å². The van der Waals surface area contributed by atoms with Crippen molar-refractivity contribution in [3.8, 4) is 5.75 Å². The molecule has 0 amide bonds. The van der Waals surface area contributed by atoms with Gasteiger partial charge in [0, 0.05) is 11.5 Å². The molecule has 0 fully saturated rings. The summed E-state index contributed by atoms with van der Waals surface area (Å²) in [4.78, 5) is 2.56. The molecule has 0 radical (unpaired) electrons. The highest BCUT2D eigenvalue weighted by Gasteiger charge is 2.19. The zero-order valence-corrected chi connectivity index (χ0v) is 9.48. The monoisotopic (exact) mass is 237 g/mol. The van der Waals surface area contributed by atoms with E-state index in [2.05, 4.69) is 10.0 Å². The van der Waals surface area contributed by atoms with Crippen LogP contribution in [-0.2, 0) is 0 Å². The van der Waals surface area contributed by atoms with Gasteiger partial charge in [0.05, 0.1) is 6.10 Å². The van der Waals surface area contributed by atoms with E-state index >= 15 is 0 Å². The van der Waals surface area contributed by atoms with Gasteiger partial charge in [0.1, 0.15) is 11.9 Å². The number of aliphatic hydroxyl groups excluding tert-OH is 2. The molecule has 0 aliphatic carbocycles. The first kappa shape index (κ1) is 13.3. The molecule has 6 nitrogen and oxygen atoms in total. The molecule has 0 aliphatic rings. The van der Waals surface area contributed by atoms with Gasteiger partial charge in [-0.05, 0) is 42.1 Å². The molecule has 6 heteroatoms. The highest BCUT2D eigenvalue weighted by molar-refractivity contribution is 5.35. The molecule has 2 atom stereocenters. The van der Waals surface area contributed by atoms with Crippen molar-refractivity contribution < 1.29 is 15.3 Å². The summed E-state index contributed by atoms with van der Waals surface area (Å²) in [5, 5.41) is 32.2. The van der Waals surface area contributed by atoms with Gasteiger partial charge in [0.25, 0.3) is 0 Å². The summed E-state index contributed by atoms with van der Waals surface area (Å²) in [7, 11) is 0. The van der Waals surface area contributed by atoms with Crippen molar-refractivity contribution in [2.75, 3.05) is 6.54 Å². The fraction of sp³-hybridized carbons (Fsp3) is 0.455. The summed E-state index contributed by atoms with van der Waals surface area (Å²) < 4.78 is 0. The van der Waals surface area contributed by atoms with Crippen LogP contribution in [0.5, 0.6) is 5.75 Å². The van der Waals surface area contributed by atoms with Crippen LogP contribution in [0.25, 0.3) is 10.4 Å². The van der Waals surface area contributed by atoms with Crippen molar-refractivity contribution >= 4 is 0 Å². The van der Waals surface area contributed by atoms with E-state index in [9.17, 15) is 15.3 Å². The number of phenolic OH excluding ortho intramolecular Hbond substituents is 1. The number of azide groups is 1. The van der Waals surface area contributed by atoms with E-state index in [1.54, 1.807) is 13.0 Å². The minimum absolute atomic E-state index is 0.0342. The maximum atomic E-state index is 9.90. The lowest BCUT2D eigenvalue weighted by atomic mass is 9.97. The smallest absolute Gasteiger partial charge is 0.115 e. The molecule has 0 aromatic heterocycles. The fourth-order valence-electron chi connectivity index (χ4n) is 1.55.